The van der Waals surface area contributed by atoms with Crippen LogP contribution in [0.1, 0.15) is 52.6 Å². The van der Waals surface area contributed by atoms with E-state index in [9.17, 15) is 14.3 Å². The van der Waals surface area contributed by atoms with Gasteiger partial charge in [0.15, 0.2) is 5.69 Å². The standard InChI is InChI=1S/C31H29FN4O5/c1-33-22-8-5-20(25(32)14-22)17-41-30-4-2-3-26(35-30)21-6-9-23(40-18-21)15-29-34-27-10-7-19(31(37)38)13-28(27)36(29)16-24-11-12-39-24/h2-5,7-8,10,13-14,21,23-24H,6,9,11-12,15-18H2,(H,37,38)/t21-,23+,24+/m1/s1. The third-order valence-electron chi connectivity index (χ3n) is 7.74. The number of benzene rings is 2. The topological polar surface area (TPSA) is 100 Å². The van der Waals surface area contributed by atoms with Crippen molar-refractivity contribution < 1.29 is 28.5 Å². The Labute approximate surface area is 236 Å². The number of rotatable bonds is 9. The number of ether oxygens (including phenoxy) is 3. The highest BCUT2D eigenvalue weighted by Gasteiger charge is 2.28. The second kappa shape index (κ2) is 11.6. The Kier molecular flexibility index (Phi) is 7.63. The largest absolute Gasteiger partial charge is 0.478 e. The molecule has 0 radical (unpaired) electrons. The van der Waals surface area contributed by atoms with Crippen LogP contribution in [-0.4, -0.2) is 51.0 Å². The zero-order valence-corrected chi connectivity index (χ0v) is 22.3. The lowest BCUT2D eigenvalue weighted by atomic mass is 9.93. The SMILES string of the molecule is [C-]#[N+]c1ccc(COc2cccc([C@@H]3CC[C@@H](Cc4nc5ccc(C(=O)O)cc5n4C[C@@H]4CCO4)OC3)n2)c(F)c1. The summed E-state index contributed by atoms with van der Waals surface area (Å²) in [5.74, 6) is -0.0619. The number of hydrogen-bond donors (Lipinski definition) is 1. The van der Waals surface area contributed by atoms with Crippen LogP contribution < -0.4 is 4.74 Å². The lowest BCUT2D eigenvalue weighted by molar-refractivity contribution is -0.0594. The third kappa shape index (κ3) is 5.92. The second-order valence-corrected chi connectivity index (χ2v) is 10.4. The lowest BCUT2D eigenvalue weighted by Crippen LogP contribution is -2.33. The van der Waals surface area contributed by atoms with Gasteiger partial charge in [-0.3, -0.25) is 0 Å². The molecule has 0 saturated carbocycles. The van der Waals surface area contributed by atoms with E-state index in [2.05, 4.69) is 14.4 Å². The van der Waals surface area contributed by atoms with Crippen molar-refractivity contribution in [3.05, 3.63) is 94.5 Å². The minimum atomic E-state index is -0.965. The van der Waals surface area contributed by atoms with Crippen LogP contribution in [0.3, 0.4) is 0 Å². The summed E-state index contributed by atoms with van der Waals surface area (Å²) in [7, 11) is 0. The molecular weight excluding hydrogens is 527 g/mol. The van der Waals surface area contributed by atoms with Crippen LogP contribution in [0, 0.1) is 12.4 Å². The summed E-state index contributed by atoms with van der Waals surface area (Å²) in [6, 6.07) is 14.9. The number of carboxylic acids is 1. The number of fused-ring (bicyclic) bond motifs is 1. The van der Waals surface area contributed by atoms with Gasteiger partial charge in [-0.1, -0.05) is 18.2 Å². The summed E-state index contributed by atoms with van der Waals surface area (Å²) in [5, 5.41) is 9.48. The van der Waals surface area contributed by atoms with E-state index >= 15 is 0 Å². The van der Waals surface area contributed by atoms with Crippen LogP contribution in [0.4, 0.5) is 10.1 Å². The van der Waals surface area contributed by atoms with Crippen LogP contribution in [0.2, 0.25) is 0 Å². The van der Waals surface area contributed by atoms with Crippen molar-refractivity contribution >= 4 is 22.7 Å². The van der Waals surface area contributed by atoms with Gasteiger partial charge in [-0.2, -0.15) is 0 Å². The average Bonchev–Trinajstić information content (AvgIpc) is 3.30. The summed E-state index contributed by atoms with van der Waals surface area (Å²) < 4.78 is 34.0. The van der Waals surface area contributed by atoms with Crippen LogP contribution in [0.25, 0.3) is 15.9 Å². The molecule has 6 rings (SSSR count). The summed E-state index contributed by atoms with van der Waals surface area (Å²) in [6.45, 7) is 8.90. The molecule has 9 nitrogen and oxygen atoms in total. The van der Waals surface area contributed by atoms with Gasteiger partial charge < -0.3 is 23.9 Å². The highest BCUT2D eigenvalue weighted by molar-refractivity contribution is 5.92. The molecule has 0 aliphatic carbocycles. The number of carbonyl (C=O) groups is 1. The maximum Gasteiger partial charge on any atom is 0.335 e. The number of halogens is 1. The monoisotopic (exact) mass is 556 g/mol. The first-order chi connectivity index (χ1) is 20.0. The fraction of sp³-hybridized carbons (Fsp3) is 0.355. The van der Waals surface area contributed by atoms with E-state index in [0.717, 1.165) is 48.4 Å². The van der Waals surface area contributed by atoms with Gasteiger partial charge in [0.2, 0.25) is 5.88 Å². The van der Waals surface area contributed by atoms with Crippen LogP contribution in [-0.2, 0) is 29.0 Å². The van der Waals surface area contributed by atoms with Crippen molar-refractivity contribution in [3.8, 4) is 5.88 Å². The summed E-state index contributed by atoms with van der Waals surface area (Å²) in [5.41, 5.74) is 3.27. The molecule has 4 aromatic rings. The van der Waals surface area contributed by atoms with Crippen molar-refractivity contribution in [2.24, 2.45) is 0 Å². The number of pyridine rings is 1. The number of aromatic nitrogens is 3. The zero-order chi connectivity index (χ0) is 28.3. The first-order valence-electron chi connectivity index (χ1n) is 13.7. The Morgan fingerprint density at radius 3 is 2.68 bits per heavy atom. The van der Waals surface area contributed by atoms with Crippen LogP contribution >= 0.6 is 0 Å². The van der Waals surface area contributed by atoms with Crippen molar-refractivity contribution in [1.82, 2.24) is 14.5 Å². The summed E-state index contributed by atoms with van der Waals surface area (Å²) >= 11 is 0. The molecule has 2 saturated heterocycles. The summed E-state index contributed by atoms with van der Waals surface area (Å²) in [4.78, 5) is 24.3. The normalized spacial score (nSPS) is 20.3. The average molecular weight is 557 g/mol. The molecule has 210 valence electrons. The Bertz CT molecular complexity index is 1620. The number of hydrogen-bond acceptors (Lipinski definition) is 6. The first kappa shape index (κ1) is 26.9. The van der Waals surface area contributed by atoms with Gasteiger partial charge >= 0.3 is 5.97 Å². The number of aromatic carboxylic acids is 1. The quantitative estimate of drug-likeness (QED) is 0.264. The van der Waals surface area contributed by atoms with Crippen LogP contribution in [0.5, 0.6) is 5.88 Å². The van der Waals surface area contributed by atoms with E-state index in [1.165, 1.54) is 6.07 Å². The van der Waals surface area contributed by atoms with Crippen molar-refractivity contribution in [3.63, 3.8) is 0 Å². The fourth-order valence-electron chi connectivity index (χ4n) is 5.31. The number of nitrogens with zero attached hydrogens (tertiary/aromatic N) is 4. The van der Waals surface area contributed by atoms with E-state index in [1.807, 2.05) is 12.1 Å². The van der Waals surface area contributed by atoms with Crippen molar-refractivity contribution in [2.75, 3.05) is 13.2 Å². The highest BCUT2D eigenvalue weighted by Crippen LogP contribution is 2.31. The molecular formula is C31H29FN4O5. The third-order valence-corrected chi connectivity index (χ3v) is 7.74. The maximum absolute atomic E-state index is 14.2. The molecule has 2 aliphatic rings. The highest BCUT2D eigenvalue weighted by atomic mass is 19.1. The molecule has 2 aromatic carbocycles. The second-order valence-electron chi connectivity index (χ2n) is 10.4. The smallest absolute Gasteiger partial charge is 0.335 e. The lowest BCUT2D eigenvalue weighted by Gasteiger charge is -2.30. The van der Waals surface area contributed by atoms with E-state index in [-0.39, 0.29) is 36.0 Å². The van der Waals surface area contributed by atoms with E-state index in [1.54, 1.807) is 36.4 Å². The van der Waals surface area contributed by atoms with E-state index in [4.69, 9.17) is 25.8 Å². The van der Waals surface area contributed by atoms with Crippen molar-refractivity contribution in [2.45, 2.75) is 57.0 Å². The minimum Gasteiger partial charge on any atom is -0.478 e. The predicted molar refractivity (Wildman–Crippen MR) is 148 cm³/mol. The molecule has 0 amide bonds. The minimum absolute atomic E-state index is 0.0185. The van der Waals surface area contributed by atoms with Gasteiger partial charge in [0, 0.05) is 36.3 Å². The summed E-state index contributed by atoms with van der Waals surface area (Å²) in [6.07, 6.45) is 3.36. The van der Waals surface area contributed by atoms with Gasteiger partial charge in [0.1, 0.15) is 18.2 Å². The van der Waals surface area contributed by atoms with E-state index in [0.29, 0.717) is 31.0 Å². The Hall–Kier alpha value is -4.33. The Balaban J connectivity index is 1.10. The van der Waals surface area contributed by atoms with Gasteiger partial charge in [-0.05, 0) is 49.6 Å². The first-order valence-corrected chi connectivity index (χ1v) is 13.7. The Morgan fingerprint density at radius 2 is 1.98 bits per heavy atom. The van der Waals surface area contributed by atoms with Gasteiger partial charge in [0.25, 0.3) is 0 Å². The van der Waals surface area contributed by atoms with E-state index < -0.39 is 11.8 Å². The van der Waals surface area contributed by atoms with Gasteiger partial charge in [-0.15, -0.1) is 0 Å². The molecule has 2 fully saturated rings. The molecule has 4 heterocycles. The predicted octanol–water partition coefficient (Wildman–Crippen LogP) is 5.69. The van der Waals surface area contributed by atoms with Crippen LogP contribution in [0.15, 0.2) is 54.6 Å². The van der Waals surface area contributed by atoms with Gasteiger partial charge in [-0.25, -0.2) is 24.0 Å². The molecule has 2 aliphatic heterocycles. The number of imidazole rings is 1. The molecule has 41 heavy (non-hydrogen) atoms. The fourth-order valence-corrected chi connectivity index (χ4v) is 5.31. The molecule has 0 spiro atoms. The molecule has 2 aromatic heterocycles. The maximum atomic E-state index is 14.2. The molecule has 3 atom stereocenters. The molecule has 0 unspecified atom stereocenters. The molecule has 1 N–H and O–H groups in total. The van der Waals surface area contributed by atoms with Crippen molar-refractivity contribution in [1.29, 1.82) is 0 Å². The molecule has 0 bridgehead atoms. The van der Waals surface area contributed by atoms with Gasteiger partial charge in [0.05, 0.1) is 48.5 Å². The molecule has 10 heteroatoms. The Morgan fingerprint density at radius 1 is 1.10 bits per heavy atom. The number of carboxylic acid groups (broad SMARTS) is 1. The zero-order valence-electron chi connectivity index (χ0n) is 22.3.